The van der Waals surface area contributed by atoms with Crippen LogP contribution < -0.4 is 5.32 Å². The number of allylic oxidation sites excluding steroid dienone is 1. The first kappa shape index (κ1) is 20.2. The lowest BCUT2D eigenvalue weighted by atomic mass is 10.4. The van der Waals surface area contributed by atoms with Crippen molar-refractivity contribution < 1.29 is 13.2 Å². The van der Waals surface area contributed by atoms with E-state index in [0.717, 1.165) is 0 Å². The average molecular weight is 436 g/mol. The van der Waals surface area contributed by atoms with Crippen LogP contribution in [-0.4, -0.2) is 39.8 Å². The number of aromatic nitrogens is 4. The molecule has 0 radical (unpaired) electrons. The van der Waals surface area contributed by atoms with Crippen molar-refractivity contribution in [1.29, 1.82) is 0 Å². The third-order valence-electron chi connectivity index (χ3n) is 3.54. The molecule has 3 aromatic rings. The molecule has 3 rings (SSSR count). The Morgan fingerprint density at radius 2 is 2.07 bits per heavy atom. The molecule has 0 aliphatic carbocycles. The highest BCUT2D eigenvalue weighted by molar-refractivity contribution is 7.99. The van der Waals surface area contributed by atoms with Crippen LogP contribution >= 0.6 is 23.1 Å². The van der Waals surface area contributed by atoms with E-state index in [9.17, 15) is 13.2 Å². The van der Waals surface area contributed by atoms with Gasteiger partial charge in [-0.2, -0.15) is 0 Å². The van der Waals surface area contributed by atoms with E-state index in [-0.39, 0.29) is 22.3 Å². The van der Waals surface area contributed by atoms with Gasteiger partial charge >= 0.3 is 0 Å². The van der Waals surface area contributed by atoms with Crippen LogP contribution in [0.15, 0.2) is 64.6 Å². The summed E-state index contributed by atoms with van der Waals surface area (Å²) in [7, 11) is -3.56. The fraction of sp³-hybridized carbons (Fsp3) is 0.176. The van der Waals surface area contributed by atoms with Crippen molar-refractivity contribution in [1.82, 2.24) is 19.7 Å². The summed E-state index contributed by atoms with van der Waals surface area (Å²) in [6.45, 7) is 4.03. The predicted molar refractivity (Wildman–Crippen MR) is 109 cm³/mol. The van der Waals surface area contributed by atoms with Gasteiger partial charge in [0.1, 0.15) is 11.6 Å². The van der Waals surface area contributed by atoms with Crippen molar-refractivity contribution >= 4 is 44.0 Å². The second kappa shape index (κ2) is 9.13. The molecule has 2 aromatic heterocycles. The summed E-state index contributed by atoms with van der Waals surface area (Å²) < 4.78 is 26.9. The Hall–Kier alpha value is -2.50. The molecule has 0 aliphatic rings. The number of benzene rings is 1. The van der Waals surface area contributed by atoms with Crippen molar-refractivity contribution in [3.63, 3.8) is 0 Å². The molecule has 28 heavy (non-hydrogen) atoms. The first-order chi connectivity index (χ1) is 13.5. The standard InChI is InChI=1S/C17H17N5O3S3/c1-2-9-22-14(12-28(24,25)13-6-4-3-5-7-13)20-21-17(22)27-11-15(23)19-16-18-8-10-26-16/h2-8,10H,1,9,11-12H2,(H,18,19,23). The van der Waals surface area contributed by atoms with Gasteiger partial charge in [-0.15, -0.1) is 28.1 Å². The minimum atomic E-state index is -3.56. The van der Waals surface area contributed by atoms with Crippen molar-refractivity contribution in [2.24, 2.45) is 0 Å². The van der Waals surface area contributed by atoms with Gasteiger partial charge in [-0.3, -0.25) is 4.79 Å². The molecule has 1 aromatic carbocycles. The SMILES string of the molecule is C=CCn1c(CS(=O)(=O)c2ccccc2)nnc1SCC(=O)Nc1nccs1. The Balaban J connectivity index is 1.72. The topological polar surface area (TPSA) is 107 Å². The first-order valence-corrected chi connectivity index (χ1v) is 11.6. The maximum Gasteiger partial charge on any atom is 0.236 e. The van der Waals surface area contributed by atoms with Crippen LogP contribution in [0.4, 0.5) is 5.13 Å². The largest absolute Gasteiger partial charge is 0.301 e. The smallest absolute Gasteiger partial charge is 0.236 e. The molecule has 0 bridgehead atoms. The number of sulfone groups is 1. The Labute approximate surface area is 170 Å². The number of thioether (sulfide) groups is 1. The Kier molecular flexibility index (Phi) is 6.60. The van der Waals surface area contributed by atoms with E-state index in [0.29, 0.717) is 22.7 Å². The molecular weight excluding hydrogens is 418 g/mol. The molecule has 0 atom stereocenters. The molecular formula is C17H17N5O3S3. The average Bonchev–Trinajstić information content (AvgIpc) is 3.32. The number of carbonyl (C=O) groups is 1. The van der Waals surface area contributed by atoms with Gasteiger partial charge in [0.15, 0.2) is 20.1 Å². The molecule has 1 N–H and O–H groups in total. The van der Waals surface area contributed by atoms with Crippen molar-refractivity contribution in [3.8, 4) is 0 Å². The number of anilines is 1. The molecule has 0 saturated heterocycles. The molecule has 11 heteroatoms. The van der Waals surface area contributed by atoms with Crippen LogP contribution in [0.3, 0.4) is 0 Å². The van der Waals surface area contributed by atoms with Gasteiger partial charge in [0.05, 0.1) is 10.6 Å². The van der Waals surface area contributed by atoms with Crippen LogP contribution in [0.25, 0.3) is 0 Å². The fourth-order valence-corrected chi connectivity index (χ4v) is 4.90. The fourth-order valence-electron chi connectivity index (χ4n) is 2.30. The predicted octanol–water partition coefficient (Wildman–Crippen LogP) is 2.63. The molecule has 1 amide bonds. The summed E-state index contributed by atoms with van der Waals surface area (Å²) in [6, 6.07) is 8.18. The van der Waals surface area contributed by atoms with Gasteiger partial charge in [0.25, 0.3) is 0 Å². The Bertz CT molecular complexity index is 1050. The van der Waals surface area contributed by atoms with E-state index in [1.165, 1.54) is 23.1 Å². The van der Waals surface area contributed by atoms with E-state index < -0.39 is 9.84 Å². The van der Waals surface area contributed by atoms with Crippen molar-refractivity contribution in [2.75, 3.05) is 11.1 Å². The van der Waals surface area contributed by atoms with Gasteiger partial charge in [-0.05, 0) is 12.1 Å². The summed E-state index contributed by atoms with van der Waals surface area (Å²) in [5, 5.41) is 13.5. The molecule has 0 unspecified atom stereocenters. The molecule has 8 nitrogen and oxygen atoms in total. The van der Waals surface area contributed by atoms with Gasteiger partial charge in [-0.1, -0.05) is 36.0 Å². The van der Waals surface area contributed by atoms with Crippen LogP contribution in [0, 0.1) is 0 Å². The van der Waals surface area contributed by atoms with E-state index in [1.807, 2.05) is 0 Å². The number of nitrogens with zero attached hydrogens (tertiary/aromatic N) is 4. The second-order valence-corrected chi connectivity index (χ2v) is 9.37. The number of hydrogen-bond donors (Lipinski definition) is 1. The molecule has 0 fully saturated rings. The second-order valence-electron chi connectivity index (χ2n) is 5.54. The van der Waals surface area contributed by atoms with Gasteiger partial charge in [0.2, 0.25) is 5.91 Å². The van der Waals surface area contributed by atoms with Crippen LogP contribution in [0.5, 0.6) is 0 Å². The summed E-state index contributed by atoms with van der Waals surface area (Å²) in [5.74, 6) is -0.123. The molecule has 146 valence electrons. The van der Waals surface area contributed by atoms with Gasteiger partial charge in [0, 0.05) is 18.1 Å². The normalized spacial score (nSPS) is 11.3. The third kappa shape index (κ3) is 5.06. The lowest BCUT2D eigenvalue weighted by Gasteiger charge is -2.08. The number of rotatable bonds is 9. The van der Waals surface area contributed by atoms with Crippen LogP contribution in [0.2, 0.25) is 0 Å². The van der Waals surface area contributed by atoms with Gasteiger partial charge in [-0.25, -0.2) is 13.4 Å². The molecule has 0 saturated carbocycles. The van der Waals surface area contributed by atoms with E-state index in [4.69, 9.17) is 0 Å². The summed E-state index contributed by atoms with van der Waals surface area (Å²) >= 11 is 2.50. The number of amides is 1. The highest BCUT2D eigenvalue weighted by atomic mass is 32.2. The summed E-state index contributed by atoms with van der Waals surface area (Å²) in [6.07, 6.45) is 3.23. The zero-order chi connectivity index (χ0) is 20.0. The Morgan fingerprint density at radius 1 is 1.29 bits per heavy atom. The maximum atomic E-state index is 12.6. The van der Waals surface area contributed by atoms with E-state index >= 15 is 0 Å². The van der Waals surface area contributed by atoms with Crippen molar-refractivity contribution in [3.05, 3.63) is 60.4 Å². The number of hydrogen-bond acceptors (Lipinski definition) is 8. The first-order valence-electron chi connectivity index (χ1n) is 8.12. The number of carbonyl (C=O) groups excluding carboxylic acids is 1. The van der Waals surface area contributed by atoms with E-state index in [1.54, 1.807) is 52.6 Å². The van der Waals surface area contributed by atoms with Crippen LogP contribution in [0.1, 0.15) is 5.82 Å². The minimum absolute atomic E-state index is 0.0975. The highest BCUT2D eigenvalue weighted by Crippen LogP contribution is 2.21. The highest BCUT2D eigenvalue weighted by Gasteiger charge is 2.21. The zero-order valence-electron chi connectivity index (χ0n) is 14.7. The van der Waals surface area contributed by atoms with Gasteiger partial charge < -0.3 is 9.88 Å². The number of thiazole rings is 1. The monoisotopic (exact) mass is 435 g/mol. The lowest BCUT2D eigenvalue weighted by molar-refractivity contribution is -0.113. The molecule has 0 aliphatic heterocycles. The van der Waals surface area contributed by atoms with E-state index in [2.05, 4.69) is 27.1 Å². The zero-order valence-corrected chi connectivity index (χ0v) is 17.1. The van der Waals surface area contributed by atoms with Crippen LogP contribution in [-0.2, 0) is 26.9 Å². The molecule has 0 spiro atoms. The quantitative estimate of drug-likeness (QED) is 0.407. The lowest BCUT2D eigenvalue weighted by Crippen LogP contribution is -2.15. The minimum Gasteiger partial charge on any atom is -0.301 e. The summed E-state index contributed by atoms with van der Waals surface area (Å²) in [5.41, 5.74) is 0. The maximum absolute atomic E-state index is 12.6. The molecule has 2 heterocycles. The van der Waals surface area contributed by atoms with Crippen molar-refractivity contribution in [2.45, 2.75) is 22.3 Å². The summed E-state index contributed by atoms with van der Waals surface area (Å²) in [4.78, 5) is 16.3. The Morgan fingerprint density at radius 3 is 2.75 bits per heavy atom. The third-order valence-corrected chi connectivity index (χ3v) is 6.82. The number of nitrogens with one attached hydrogen (secondary N) is 1.